The third-order valence-corrected chi connectivity index (χ3v) is 5.48. The summed E-state index contributed by atoms with van der Waals surface area (Å²) in [6.07, 6.45) is 2.42. The number of carbonyl (C=O) groups is 2. The van der Waals surface area contributed by atoms with E-state index < -0.39 is 6.04 Å². The number of pyridine rings is 1. The van der Waals surface area contributed by atoms with Gasteiger partial charge in [-0.05, 0) is 17.7 Å². The fourth-order valence-corrected chi connectivity index (χ4v) is 4.43. The third kappa shape index (κ3) is 4.20. The lowest BCUT2D eigenvalue weighted by Gasteiger charge is -2.27. The van der Waals surface area contributed by atoms with Crippen molar-refractivity contribution in [1.82, 2.24) is 15.2 Å². The number of aromatic nitrogens is 1. The molecule has 130 valence electrons. The van der Waals surface area contributed by atoms with Crippen LogP contribution in [-0.4, -0.2) is 40.0 Å². The molecule has 0 radical (unpaired) electrons. The molecule has 3 rings (SSSR count). The number of hydrogen-bond acceptors (Lipinski definition) is 4. The smallest absolute Gasteiger partial charge is 0.243 e. The van der Waals surface area contributed by atoms with Gasteiger partial charge in [-0.3, -0.25) is 14.6 Å². The molecule has 5 nitrogen and oxygen atoms in total. The Morgan fingerprint density at radius 1 is 1.20 bits per heavy atom. The largest absolute Gasteiger partial charge is 0.354 e. The van der Waals surface area contributed by atoms with Crippen LogP contribution in [0.25, 0.3) is 0 Å². The number of thioether (sulfide) groups is 1. The van der Waals surface area contributed by atoms with Crippen molar-refractivity contribution >= 4 is 23.6 Å². The zero-order valence-corrected chi connectivity index (χ0v) is 14.9. The van der Waals surface area contributed by atoms with Crippen LogP contribution in [0.1, 0.15) is 23.6 Å². The van der Waals surface area contributed by atoms with Crippen molar-refractivity contribution in [1.29, 1.82) is 0 Å². The normalized spacial score (nSPS) is 19.6. The van der Waals surface area contributed by atoms with Crippen LogP contribution in [0.2, 0.25) is 0 Å². The Bertz CT molecular complexity index is 724. The van der Waals surface area contributed by atoms with Gasteiger partial charge in [0.25, 0.3) is 0 Å². The van der Waals surface area contributed by atoms with E-state index in [9.17, 15) is 9.59 Å². The van der Waals surface area contributed by atoms with Gasteiger partial charge >= 0.3 is 0 Å². The van der Waals surface area contributed by atoms with Gasteiger partial charge in [-0.1, -0.05) is 36.4 Å². The quantitative estimate of drug-likeness (QED) is 0.895. The molecule has 2 aromatic rings. The van der Waals surface area contributed by atoms with E-state index >= 15 is 0 Å². The van der Waals surface area contributed by atoms with E-state index in [0.717, 1.165) is 11.3 Å². The first kappa shape index (κ1) is 17.5. The van der Waals surface area contributed by atoms with Gasteiger partial charge in [-0.15, -0.1) is 11.8 Å². The maximum absolute atomic E-state index is 12.6. The molecule has 1 aliphatic rings. The molecule has 0 bridgehead atoms. The molecule has 6 heteroatoms. The Hall–Kier alpha value is -2.34. The second-order valence-electron chi connectivity index (χ2n) is 5.90. The summed E-state index contributed by atoms with van der Waals surface area (Å²) < 4.78 is 0. The first-order valence-electron chi connectivity index (χ1n) is 8.30. The minimum atomic E-state index is -0.434. The zero-order valence-electron chi connectivity index (χ0n) is 14.1. The molecule has 25 heavy (non-hydrogen) atoms. The van der Waals surface area contributed by atoms with Crippen molar-refractivity contribution in [2.45, 2.75) is 24.8 Å². The van der Waals surface area contributed by atoms with E-state index in [0.29, 0.717) is 18.7 Å². The van der Waals surface area contributed by atoms with Gasteiger partial charge in [0, 0.05) is 37.5 Å². The van der Waals surface area contributed by atoms with Crippen molar-refractivity contribution < 1.29 is 9.59 Å². The van der Waals surface area contributed by atoms with Crippen LogP contribution in [0.5, 0.6) is 0 Å². The Balaban J connectivity index is 1.62. The van der Waals surface area contributed by atoms with E-state index in [1.54, 1.807) is 22.9 Å². The highest BCUT2D eigenvalue weighted by Crippen LogP contribution is 2.41. The number of nitrogens with zero attached hydrogens (tertiary/aromatic N) is 2. The number of carbonyl (C=O) groups excluding carboxylic acids is 2. The fourth-order valence-electron chi connectivity index (χ4n) is 2.95. The van der Waals surface area contributed by atoms with Gasteiger partial charge < -0.3 is 10.2 Å². The van der Waals surface area contributed by atoms with E-state index in [1.807, 2.05) is 48.5 Å². The monoisotopic (exact) mass is 355 g/mol. The number of hydrogen-bond donors (Lipinski definition) is 1. The van der Waals surface area contributed by atoms with Crippen molar-refractivity contribution in [3.05, 3.63) is 66.0 Å². The molecule has 1 saturated heterocycles. The summed E-state index contributed by atoms with van der Waals surface area (Å²) in [5.74, 6) is 0.426. The van der Waals surface area contributed by atoms with Crippen LogP contribution in [0, 0.1) is 0 Å². The third-order valence-electron chi connectivity index (χ3n) is 4.16. The number of nitrogens with one attached hydrogen (secondary N) is 1. The van der Waals surface area contributed by atoms with Gasteiger partial charge in [0.15, 0.2) is 0 Å². The number of rotatable bonds is 5. The maximum atomic E-state index is 12.6. The average Bonchev–Trinajstić information content (AvgIpc) is 3.09. The lowest BCUT2D eigenvalue weighted by molar-refractivity contribution is -0.138. The minimum absolute atomic E-state index is 0.0799. The lowest BCUT2D eigenvalue weighted by Crippen LogP contribution is -2.47. The van der Waals surface area contributed by atoms with Crippen LogP contribution >= 0.6 is 11.8 Å². The lowest BCUT2D eigenvalue weighted by atomic mass is 10.1. The Kier molecular flexibility index (Phi) is 5.71. The minimum Gasteiger partial charge on any atom is -0.354 e. The molecule has 2 amide bonds. The molecule has 2 heterocycles. The highest BCUT2D eigenvalue weighted by molar-refractivity contribution is 7.99. The molecule has 0 saturated carbocycles. The van der Waals surface area contributed by atoms with Gasteiger partial charge in [-0.2, -0.15) is 0 Å². The van der Waals surface area contributed by atoms with Crippen LogP contribution in [0.4, 0.5) is 0 Å². The Morgan fingerprint density at radius 3 is 2.64 bits per heavy atom. The summed E-state index contributed by atoms with van der Waals surface area (Å²) in [7, 11) is 0. The first-order chi connectivity index (χ1) is 12.2. The van der Waals surface area contributed by atoms with E-state index in [4.69, 9.17) is 0 Å². The summed E-state index contributed by atoms with van der Waals surface area (Å²) in [5, 5.41) is 2.84. The van der Waals surface area contributed by atoms with Crippen molar-refractivity contribution in [3.8, 4) is 0 Å². The van der Waals surface area contributed by atoms with Crippen molar-refractivity contribution in [3.63, 3.8) is 0 Å². The van der Waals surface area contributed by atoms with Gasteiger partial charge in [0.05, 0.1) is 0 Å². The molecule has 0 aliphatic carbocycles. The second-order valence-corrected chi connectivity index (χ2v) is 7.01. The molecule has 0 spiro atoms. The van der Waals surface area contributed by atoms with Gasteiger partial charge in [0.2, 0.25) is 11.8 Å². The van der Waals surface area contributed by atoms with Crippen molar-refractivity contribution in [2.75, 3.05) is 12.3 Å². The SMILES string of the molecule is CC(=O)N1C(C(=O)NCCc2ccccn2)CSC1c1ccccc1. The molecule has 1 N–H and O–H groups in total. The summed E-state index contributed by atoms with van der Waals surface area (Å²) in [6, 6.07) is 15.1. The summed E-state index contributed by atoms with van der Waals surface area (Å²) in [5.41, 5.74) is 1.99. The molecule has 2 unspecified atom stereocenters. The van der Waals surface area contributed by atoms with E-state index in [1.165, 1.54) is 6.92 Å². The number of benzene rings is 1. The van der Waals surface area contributed by atoms with Gasteiger partial charge in [-0.25, -0.2) is 0 Å². The highest BCUT2D eigenvalue weighted by Gasteiger charge is 2.40. The number of amides is 2. The molecule has 1 fully saturated rings. The average molecular weight is 355 g/mol. The van der Waals surface area contributed by atoms with E-state index in [-0.39, 0.29) is 17.2 Å². The molecular weight excluding hydrogens is 334 g/mol. The predicted octanol–water partition coefficient (Wildman–Crippen LogP) is 2.40. The standard InChI is InChI=1S/C19H21N3O2S/c1-14(23)22-17(13-25-19(22)15-7-3-2-4-8-15)18(24)21-12-10-16-9-5-6-11-20-16/h2-9,11,17,19H,10,12-13H2,1H3,(H,21,24). The summed E-state index contributed by atoms with van der Waals surface area (Å²) >= 11 is 1.63. The molecular formula is C19H21N3O2S. The molecule has 1 aromatic heterocycles. The van der Waals surface area contributed by atoms with E-state index in [2.05, 4.69) is 10.3 Å². The van der Waals surface area contributed by atoms with Crippen LogP contribution < -0.4 is 5.32 Å². The van der Waals surface area contributed by atoms with Crippen LogP contribution in [-0.2, 0) is 16.0 Å². The molecule has 1 aliphatic heterocycles. The summed E-state index contributed by atoms with van der Waals surface area (Å²) in [6.45, 7) is 2.04. The molecule has 1 aromatic carbocycles. The van der Waals surface area contributed by atoms with Crippen LogP contribution in [0.15, 0.2) is 54.7 Å². The Labute approximate surface area is 151 Å². The fraction of sp³-hybridized carbons (Fsp3) is 0.316. The molecule has 2 atom stereocenters. The van der Waals surface area contributed by atoms with Crippen molar-refractivity contribution in [2.24, 2.45) is 0 Å². The van der Waals surface area contributed by atoms with Crippen LogP contribution in [0.3, 0.4) is 0 Å². The topological polar surface area (TPSA) is 62.3 Å². The highest BCUT2D eigenvalue weighted by atomic mass is 32.2. The predicted molar refractivity (Wildman–Crippen MR) is 98.9 cm³/mol. The maximum Gasteiger partial charge on any atom is 0.243 e. The first-order valence-corrected chi connectivity index (χ1v) is 9.35. The summed E-state index contributed by atoms with van der Waals surface area (Å²) in [4.78, 5) is 30.7. The van der Waals surface area contributed by atoms with Gasteiger partial charge in [0.1, 0.15) is 11.4 Å². The second kappa shape index (κ2) is 8.16. The zero-order chi connectivity index (χ0) is 17.6. The Morgan fingerprint density at radius 2 is 1.96 bits per heavy atom.